The Morgan fingerprint density at radius 1 is 1.16 bits per heavy atom. The van der Waals surface area contributed by atoms with Crippen molar-refractivity contribution < 1.29 is 22.7 Å². The first-order valence-electron chi connectivity index (χ1n) is 11.5. The second-order valence-electron chi connectivity index (χ2n) is 8.75. The molecule has 0 radical (unpaired) electrons. The van der Waals surface area contributed by atoms with Gasteiger partial charge >= 0.3 is 6.55 Å². The number of fused-ring (bicyclic) bond motifs is 2. The highest BCUT2D eigenvalue weighted by atomic mass is 35.5. The molecule has 0 aliphatic carbocycles. The van der Waals surface area contributed by atoms with Crippen LogP contribution in [0, 0.1) is 5.82 Å². The van der Waals surface area contributed by atoms with Gasteiger partial charge in [-0.1, -0.05) is 29.8 Å². The number of pyridine rings is 1. The largest absolute Gasteiger partial charge is 0.493 e. The molecule has 2 aromatic heterocycles. The van der Waals surface area contributed by atoms with Crippen molar-refractivity contribution in [1.82, 2.24) is 20.1 Å². The predicted octanol–water partition coefficient (Wildman–Crippen LogP) is 5.90. The van der Waals surface area contributed by atoms with Gasteiger partial charge in [0.25, 0.3) is 5.91 Å². The van der Waals surface area contributed by atoms with E-state index in [0.29, 0.717) is 40.1 Å². The number of alkyl halides is 2. The van der Waals surface area contributed by atoms with Crippen molar-refractivity contribution in [2.75, 3.05) is 11.9 Å². The number of ether oxygens (including phenoxy) is 1. The molecule has 4 heterocycles. The molecule has 11 heteroatoms. The molecule has 4 aromatic rings. The maximum atomic E-state index is 14.2. The number of carbonyl (C=O) groups excluding carboxylic acids is 1. The Morgan fingerprint density at radius 3 is 2.81 bits per heavy atom. The second-order valence-corrected chi connectivity index (χ2v) is 9.16. The second kappa shape index (κ2) is 9.11. The van der Waals surface area contributed by atoms with E-state index in [9.17, 15) is 18.0 Å². The van der Waals surface area contributed by atoms with Crippen molar-refractivity contribution in [1.29, 1.82) is 0 Å². The van der Waals surface area contributed by atoms with Gasteiger partial charge in [0.2, 0.25) is 0 Å². The lowest BCUT2D eigenvalue weighted by Gasteiger charge is -2.29. The fourth-order valence-electron chi connectivity index (χ4n) is 4.79. The van der Waals surface area contributed by atoms with Gasteiger partial charge < -0.3 is 15.4 Å². The summed E-state index contributed by atoms with van der Waals surface area (Å²) >= 11 is 6.40. The summed E-state index contributed by atoms with van der Waals surface area (Å²) in [6.45, 7) is -2.34. The van der Waals surface area contributed by atoms with E-state index in [0.717, 1.165) is 11.3 Å². The number of rotatable bonds is 5. The number of nitrogens with zero attached hydrogens (tertiary/aromatic N) is 3. The third-order valence-electron chi connectivity index (χ3n) is 6.49. The molecule has 0 unspecified atom stereocenters. The molecule has 2 aliphatic rings. The molecule has 0 saturated carbocycles. The van der Waals surface area contributed by atoms with Crippen LogP contribution in [0.15, 0.2) is 60.9 Å². The van der Waals surface area contributed by atoms with Crippen LogP contribution in [0.4, 0.5) is 18.9 Å². The average molecular weight is 526 g/mol. The molecule has 0 fully saturated rings. The molecule has 2 atom stereocenters. The molecule has 6 rings (SSSR count). The van der Waals surface area contributed by atoms with Crippen LogP contribution in [0.5, 0.6) is 5.75 Å². The Morgan fingerprint density at radius 2 is 2.00 bits per heavy atom. The normalized spacial score (nSPS) is 18.2. The summed E-state index contributed by atoms with van der Waals surface area (Å²) < 4.78 is 46.8. The number of halogens is 4. The van der Waals surface area contributed by atoms with Gasteiger partial charge in [-0.25, -0.2) is 14.1 Å². The number of anilines is 1. The lowest BCUT2D eigenvalue weighted by molar-refractivity contribution is 0.0566. The smallest absolute Gasteiger partial charge is 0.333 e. The quantitative estimate of drug-likeness (QED) is 0.339. The maximum absolute atomic E-state index is 14.2. The number of aromatic nitrogens is 3. The first-order chi connectivity index (χ1) is 17.9. The van der Waals surface area contributed by atoms with Gasteiger partial charge in [0.15, 0.2) is 0 Å². The highest BCUT2D eigenvalue weighted by molar-refractivity contribution is 6.31. The highest BCUT2D eigenvalue weighted by Crippen LogP contribution is 2.43. The number of hydrogen-bond acceptors (Lipinski definition) is 5. The zero-order valence-corrected chi connectivity index (χ0v) is 19.8. The Balaban J connectivity index is 1.51. The molecule has 0 spiro atoms. The van der Waals surface area contributed by atoms with Crippen LogP contribution in [0.25, 0.3) is 11.3 Å². The Labute approximate surface area is 214 Å². The van der Waals surface area contributed by atoms with Crippen LogP contribution < -0.4 is 15.4 Å². The Hall–Kier alpha value is -4.05. The Kier molecular flexibility index (Phi) is 5.75. The zero-order chi connectivity index (χ0) is 25.7. The molecule has 188 valence electrons. The van der Waals surface area contributed by atoms with Crippen LogP contribution in [0.1, 0.15) is 52.2 Å². The van der Waals surface area contributed by atoms with E-state index in [2.05, 4.69) is 20.7 Å². The van der Waals surface area contributed by atoms with E-state index in [1.54, 1.807) is 6.07 Å². The number of nitrogens with one attached hydrogen (secondary N) is 2. The van der Waals surface area contributed by atoms with E-state index < -0.39 is 24.3 Å². The highest BCUT2D eigenvalue weighted by Gasteiger charge is 2.37. The van der Waals surface area contributed by atoms with Crippen molar-refractivity contribution >= 4 is 23.2 Å². The summed E-state index contributed by atoms with van der Waals surface area (Å²) in [6, 6.07) is 12.3. The van der Waals surface area contributed by atoms with Crippen molar-refractivity contribution in [2.24, 2.45) is 0 Å². The van der Waals surface area contributed by atoms with Crippen LogP contribution >= 0.6 is 11.6 Å². The molecule has 0 bridgehead atoms. The summed E-state index contributed by atoms with van der Waals surface area (Å²) in [6.07, 6.45) is 3.07. The zero-order valence-electron chi connectivity index (χ0n) is 19.1. The first-order valence-corrected chi connectivity index (χ1v) is 11.9. The summed E-state index contributed by atoms with van der Waals surface area (Å²) in [4.78, 5) is 17.6. The fourth-order valence-corrected chi connectivity index (χ4v) is 5.01. The van der Waals surface area contributed by atoms with Crippen LogP contribution in [0.2, 0.25) is 5.02 Å². The molecule has 7 nitrogen and oxygen atoms in total. The summed E-state index contributed by atoms with van der Waals surface area (Å²) in [5.41, 5.74) is 3.04. The SMILES string of the molecule is O=C1N[C@H](c2cc(F)ccc2Cl)c2c(N[C@H]3CCOc4ccccc43)cc(-c3cnn(C(F)F)c3)nc21. The van der Waals surface area contributed by atoms with Crippen molar-refractivity contribution in [2.45, 2.75) is 25.1 Å². The number of benzene rings is 2. The molecule has 1 amide bonds. The molecule has 0 saturated heterocycles. The minimum atomic E-state index is -2.82. The van der Waals surface area contributed by atoms with Crippen LogP contribution in [0.3, 0.4) is 0 Å². The van der Waals surface area contributed by atoms with Gasteiger partial charge in [0.05, 0.1) is 30.6 Å². The topological polar surface area (TPSA) is 81.1 Å². The van der Waals surface area contributed by atoms with Gasteiger partial charge in [-0.2, -0.15) is 13.9 Å². The third kappa shape index (κ3) is 4.17. The third-order valence-corrected chi connectivity index (χ3v) is 6.84. The molecule has 2 aliphatic heterocycles. The monoisotopic (exact) mass is 525 g/mol. The van der Waals surface area contributed by atoms with E-state index in [1.807, 2.05) is 24.3 Å². The average Bonchev–Trinajstić information content (AvgIpc) is 3.52. The molecular formula is C26H19ClF3N5O2. The Bertz CT molecular complexity index is 1530. The van der Waals surface area contributed by atoms with Gasteiger partial charge in [-0.15, -0.1) is 0 Å². The summed E-state index contributed by atoms with van der Waals surface area (Å²) in [5, 5.41) is 10.3. The predicted molar refractivity (Wildman–Crippen MR) is 130 cm³/mol. The van der Waals surface area contributed by atoms with Gasteiger partial charge in [-0.05, 0) is 30.3 Å². The summed E-state index contributed by atoms with van der Waals surface area (Å²) in [5.74, 6) is -0.243. The van der Waals surface area contributed by atoms with E-state index in [1.165, 1.54) is 30.6 Å². The lowest BCUT2D eigenvalue weighted by atomic mass is 9.95. The molecule has 37 heavy (non-hydrogen) atoms. The van der Waals surface area contributed by atoms with E-state index in [-0.39, 0.29) is 22.5 Å². The summed E-state index contributed by atoms with van der Waals surface area (Å²) in [7, 11) is 0. The number of para-hydroxylation sites is 1. The van der Waals surface area contributed by atoms with Crippen molar-refractivity contribution in [3.05, 3.63) is 94.1 Å². The minimum absolute atomic E-state index is 0.0930. The number of hydrogen-bond donors (Lipinski definition) is 2. The van der Waals surface area contributed by atoms with Gasteiger partial charge in [0.1, 0.15) is 17.3 Å². The lowest BCUT2D eigenvalue weighted by Crippen LogP contribution is -2.22. The molecule has 2 aromatic carbocycles. The maximum Gasteiger partial charge on any atom is 0.333 e. The van der Waals surface area contributed by atoms with Crippen molar-refractivity contribution in [3.8, 4) is 17.0 Å². The molecular weight excluding hydrogens is 507 g/mol. The first kappa shape index (κ1) is 23.4. The minimum Gasteiger partial charge on any atom is -0.493 e. The van der Waals surface area contributed by atoms with Gasteiger partial charge in [0, 0.05) is 45.6 Å². The van der Waals surface area contributed by atoms with Gasteiger partial charge in [-0.3, -0.25) is 4.79 Å². The van der Waals surface area contributed by atoms with E-state index >= 15 is 0 Å². The van der Waals surface area contributed by atoms with Crippen LogP contribution in [-0.2, 0) is 0 Å². The fraction of sp³-hybridized carbons (Fsp3) is 0.192. The standard InChI is InChI=1S/C26H19ClF3N5O2/c27-17-6-5-14(28)9-16(17)23-22-20(32-18-7-8-37-21-4-2-1-3-15(18)21)10-19(33-24(22)25(36)34-23)13-11-31-35(12-13)26(29)30/h1-6,9-12,18,23,26H,7-8H2,(H,32,33)(H,34,36)/t18-,23+/m0/s1. The number of amides is 1. The van der Waals surface area contributed by atoms with Crippen LogP contribution in [-0.4, -0.2) is 27.3 Å². The number of carbonyl (C=O) groups is 1. The van der Waals surface area contributed by atoms with Crippen molar-refractivity contribution in [3.63, 3.8) is 0 Å². The molecule has 2 N–H and O–H groups in total. The van der Waals surface area contributed by atoms with E-state index in [4.69, 9.17) is 16.3 Å².